The molecule has 0 amide bonds. The van der Waals surface area contributed by atoms with Crippen LogP contribution in [0.3, 0.4) is 0 Å². The highest BCUT2D eigenvalue weighted by molar-refractivity contribution is 9.10. The van der Waals surface area contributed by atoms with Gasteiger partial charge in [-0.1, -0.05) is 31.9 Å². The molecular formula is C21H22Br2N2O. The Hall–Kier alpha value is -1.33. The van der Waals surface area contributed by atoms with Crippen molar-refractivity contribution in [2.24, 2.45) is 0 Å². The molecule has 0 saturated heterocycles. The largest absolute Gasteiger partial charge is 0.361 e. The number of ketones is 1. The quantitative estimate of drug-likeness (QED) is 0.620. The van der Waals surface area contributed by atoms with Crippen molar-refractivity contribution in [1.29, 1.82) is 0 Å². The van der Waals surface area contributed by atoms with Crippen molar-refractivity contribution in [2.45, 2.75) is 38.8 Å². The first-order valence-electron chi connectivity index (χ1n) is 9.09. The van der Waals surface area contributed by atoms with E-state index in [2.05, 4.69) is 91.9 Å². The van der Waals surface area contributed by atoms with Crippen LogP contribution >= 0.6 is 31.9 Å². The molecule has 2 heterocycles. The number of nitrogens with zero attached hydrogens (tertiary/aromatic N) is 2. The summed E-state index contributed by atoms with van der Waals surface area (Å²) in [5.74, 6) is 0.288. The summed E-state index contributed by atoms with van der Waals surface area (Å²) in [6.45, 7) is 5.92. The van der Waals surface area contributed by atoms with E-state index in [0.29, 0.717) is 0 Å². The molecule has 2 unspecified atom stereocenters. The number of fused-ring (bicyclic) bond motifs is 2. The van der Waals surface area contributed by atoms with Crippen LogP contribution in [0.2, 0.25) is 0 Å². The minimum absolute atomic E-state index is 0.119. The molecule has 4 rings (SSSR count). The Bertz CT molecular complexity index is 798. The molecule has 2 atom stereocenters. The van der Waals surface area contributed by atoms with E-state index in [1.54, 1.807) is 0 Å². The Balaban J connectivity index is 1.54. The summed E-state index contributed by atoms with van der Waals surface area (Å²) in [7, 11) is 0. The second-order valence-electron chi connectivity index (χ2n) is 7.19. The van der Waals surface area contributed by atoms with Crippen molar-refractivity contribution in [3.63, 3.8) is 0 Å². The molecular weight excluding hydrogens is 456 g/mol. The lowest BCUT2D eigenvalue weighted by molar-refractivity contribution is -0.120. The second kappa shape index (κ2) is 7.01. The number of carbonyl (C=O) groups excluding carboxylic acids is 1. The molecule has 2 aliphatic heterocycles. The summed E-state index contributed by atoms with van der Waals surface area (Å²) in [6.07, 6.45) is 2.00. The molecule has 136 valence electrons. The summed E-state index contributed by atoms with van der Waals surface area (Å²) in [4.78, 5) is 17.8. The van der Waals surface area contributed by atoms with Crippen LogP contribution in [-0.4, -0.2) is 31.0 Å². The molecule has 3 nitrogen and oxygen atoms in total. The van der Waals surface area contributed by atoms with Gasteiger partial charge in [-0.05, 0) is 74.2 Å². The van der Waals surface area contributed by atoms with E-state index in [1.165, 1.54) is 22.5 Å². The minimum Gasteiger partial charge on any atom is -0.361 e. The second-order valence-corrected chi connectivity index (χ2v) is 9.02. The summed E-state index contributed by atoms with van der Waals surface area (Å²) < 4.78 is 2.20. The van der Waals surface area contributed by atoms with Gasteiger partial charge in [-0.3, -0.25) is 4.79 Å². The summed E-state index contributed by atoms with van der Waals surface area (Å²) in [5, 5.41) is 0. The number of benzene rings is 2. The van der Waals surface area contributed by atoms with Crippen LogP contribution in [0.4, 0.5) is 11.4 Å². The van der Waals surface area contributed by atoms with E-state index in [1.807, 2.05) is 0 Å². The van der Waals surface area contributed by atoms with E-state index in [-0.39, 0.29) is 17.9 Å². The van der Waals surface area contributed by atoms with Crippen LogP contribution in [0.1, 0.15) is 25.0 Å². The smallest absolute Gasteiger partial charge is 0.176 e. The van der Waals surface area contributed by atoms with E-state index in [9.17, 15) is 4.79 Å². The highest BCUT2D eigenvalue weighted by Crippen LogP contribution is 2.35. The number of carbonyl (C=O) groups is 1. The average molecular weight is 478 g/mol. The first kappa shape index (κ1) is 18.1. The Morgan fingerprint density at radius 2 is 1.27 bits per heavy atom. The minimum atomic E-state index is -0.119. The standard InChI is InChI=1S/C21H22Br2N2O/c1-13(24-9-7-15-11-17(22)3-5-19(15)24)21(26)14(2)25-10-8-16-12-18(23)4-6-20(16)25/h3-6,11-14H,7-10H2,1-2H3. The van der Waals surface area contributed by atoms with E-state index in [0.717, 1.165) is 34.9 Å². The van der Waals surface area contributed by atoms with Gasteiger partial charge in [-0.25, -0.2) is 0 Å². The highest BCUT2D eigenvalue weighted by Gasteiger charge is 2.34. The Kier molecular flexibility index (Phi) is 4.86. The maximum absolute atomic E-state index is 13.3. The van der Waals surface area contributed by atoms with Crippen LogP contribution in [0.15, 0.2) is 45.3 Å². The van der Waals surface area contributed by atoms with Gasteiger partial charge in [0.2, 0.25) is 0 Å². The number of hydrogen-bond donors (Lipinski definition) is 0. The van der Waals surface area contributed by atoms with Crippen molar-refractivity contribution < 1.29 is 4.79 Å². The van der Waals surface area contributed by atoms with Crippen molar-refractivity contribution in [3.8, 4) is 0 Å². The molecule has 0 bridgehead atoms. The monoisotopic (exact) mass is 476 g/mol. The molecule has 0 fully saturated rings. The van der Waals surface area contributed by atoms with Crippen LogP contribution in [0, 0.1) is 0 Å². The zero-order valence-electron chi connectivity index (χ0n) is 15.0. The number of Topliss-reactive ketones (excluding diaryl/α,β-unsaturated/α-hetero) is 1. The molecule has 0 saturated carbocycles. The van der Waals surface area contributed by atoms with Crippen molar-refractivity contribution >= 4 is 49.0 Å². The third-order valence-electron chi connectivity index (χ3n) is 5.70. The lowest BCUT2D eigenvalue weighted by Crippen LogP contribution is -2.48. The number of halogens is 2. The van der Waals surface area contributed by atoms with E-state index < -0.39 is 0 Å². The fraction of sp³-hybridized carbons (Fsp3) is 0.381. The molecule has 2 aromatic rings. The normalized spacial score (nSPS) is 17.8. The van der Waals surface area contributed by atoms with Gasteiger partial charge in [0.15, 0.2) is 5.78 Å². The molecule has 0 aliphatic carbocycles. The first-order valence-corrected chi connectivity index (χ1v) is 10.7. The van der Waals surface area contributed by atoms with Crippen LogP contribution in [0.25, 0.3) is 0 Å². The van der Waals surface area contributed by atoms with E-state index >= 15 is 0 Å². The Morgan fingerprint density at radius 1 is 0.846 bits per heavy atom. The molecule has 0 spiro atoms. The maximum Gasteiger partial charge on any atom is 0.176 e. The predicted molar refractivity (Wildman–Crippen MR) is 114 cm³/mol. The zero-order chi connectivity index (χ0) is 18.4. The highest BCUT2D eigenvalue weighted by atomic mass is 79.9. The van der Waals surface area contributed by atoms with Gasteiger partial charge in [0.1, 0.15) is 0 Å². The van der Waals surface area contributed by atoms with Crippen molar-refractivity contribution in [1.82, 2.24) is 0 Å². The average Bonchev–Trinajstić information content (AvgIpc) is 3.22. The van der Waals surface area contributed by atoms with Gasteiger partial charge >= 0.3 is 0 Å². The van der Waals surface area contributed by atoms with Crippen molar-refractivity contribution in [2.75, 3.05) is 22.9 Å². The SMILES string of the molecule is CC(C(=O)C(C)N1CCc2cc(Br)ccc21)N1CCc2cc(Br)ccc21. The van der Waals surface area contributed by atoms with Gasteiger partial charge < -0.3 is 9.80 Å². The lowest BCUT2D eigenvalue weighted by atomic mass is 10.0. The molecule has 2 aliphatic rings. The van der Waals surface area contributed by atoms with Gasteiger partial charge in [0.05, 0.1) is 12.1 Å². The Labute approximate surface area is 171 Å². The number of rotatable bonds is 4. The van der Waals surface area contributed by atoms with E-state index in [4.69, 9.17) is 0 Å². The van der Waals surface area contributed by atoms with Crippen LogP contribution in [0.5, 0.6) is 0 Å². The maximum atomic E-state index is 13.3. The molecule has 5 heteroatoms. The summed E-state index contributed by atoms with van der Waals surface area (Å²) in [6, 6.07) is 12.5. The van der Waals surface area contributed by atoms with Gasteiger partial charge in [-0.2, -0.15) is 0 Å². The predicted octanol–water partition coefficient (Wildman–Crippen LogP) is 4.98. The summed E-state index contributed by atoms with van der Waals surface area (Å²) in [5.41, 5.74) is 5.05. The molecule has 0 N–H and O–H groups in total. The van der Waals surface area contributed by atoms with Gasteiger partial charge in [0, 0.05) is 33.4 Å². The van der Waals surface area contributed by atoms with Gasteiger partial charge in [0.25, 0.3) is 0 Å². The molecule has 0 aromatic heterocycles. The lowest BCUT2D eigenvalue weighted by Gasteiger charge is -2.33. The first-order chi connectivity index (χ1) is 12.5. The fourth-order valence-corrected chi connectivity index (χ4v) is 5.07. The zero-order valence-corrected chi connectivity index (χ0v) is 18.2. The molecule has 0 radical (unpaired) electrons. The van der Waals surface area contributed by atoms with Crippen LogP contribution < -0.4 is 9.80 Å². The number of hydrogen-bond acceptors (Lipinski definition) is 3. The topological polar surface area (TPSA) is 23.6 Å². The Morgan fingerprint density at radius 3 is 1.69 bits per heavy atom. The molecule has 26 heavy (non-hydrogen) atoms. The third kappa shape index (κ3) is 3.09. The summed E-state index contributed by atoms with van der Waals surface area (Å²) >= 11 is 7.09. The van der Waals surface area contributed by atoms with Crippen molar-refractivity contribution in [3.05, 3.63) is 56.5 Å². The third-order valence-corrected chi connectivity index (χ3v) is 6.69. The molecule has 2 aromatic carbocycles. The van der Waals surface area contributed by atoms with Gasteiger partial charge in [-0.15, -0.1) is 0 Å². The van der Waals surface area contributed by atoms with Crippen LogP contribution in [-0.2, 0) is 17.6 Å². The fourth-order valence-electron chi connectivity index (χ4n) is 4.25. The number of anilines is 2.